The Morgan fingerprint density at radius 1 is 1.56 bits per heavy atom. The van der Waals surface area contributed by atoms with E-state index in [1.54, 1.807) is 0 Å². The van der Waals surface area contributed by atoms with Crippen molar-refractivity contribution < 1.29 is 18.6 Å². The number of aliphatic hydroxyl groups excluding tert-OH is 1. The van der Waals surface area contributed by atoms with Crippen LogP contribution in [0.15, 0.2) is 21.9 Å². The first-order chi connectivity index (χ1) is 8.37. The summed E-state index contributed by atoms with van der Waals surface area (Å²) < 4.78 is 33.4. The zero-order chi connectivity index (χ0) is 13.5. The summed E-state index contributed by atoms with van der Waals surface area (Å²) in [6.07, 6.45) is -1.93. The summed E-state index contributed by atoms with van der Waals surface area (Å²) in [5.74, 6) is -4.54. The van der Waals surface area contributed by atoms with Gasteiger partial charge in [-0.15, -0.1) is 0 Å². The lowest BCUT2D eigenvalue weighted by atomic mass is 10.00. The van der Waals surface area contributed by atoms with Crippen molar-refractivity contribution in [1.29, 1.82) is 0 Å². The highest BCUT2D eigenvalue weighted by molar-refractivity contribution is 4.95. The van der Waals surface area contributed by atoms with Crippen molar-refractivity contribution in [2.24, 2.45) is 5.92 Å². The molecular formula is C10H12F2N2O4. The third-order valence-corrected chi connectivity index (χ3v) is 3.08. The predicted octanol–water partition coefficient (Wildman–Crippen LogP) is -0.302. The number of alkyl halides is 2. The number of aliphatic hydroxyl groups is 1. The monoisotopic (exact) mass is 262 g/mol. The molecule has 100 valence electrons. The van der Waals surface area contributed by atoms with Crippen molar-refractivity contribution in [3.8, 4) is 0 Å². The molecule has 18 heavy (non-hydrogen) atoms. The smallest absolute Gasteiger partial charge is 0.330 e. The van der Waals surface area contributed by atoms with Gasteiger partial charge in [-0.3, -0.25) is 14.3 Å². The first-order valence-electron chi connectivity index (χ1n) is 5.33. The van der Waals surface area contributed by atoms with Gasteiger partial charge >= 0.3 is 5.69 Å². The fourth-order valence-corrected chi connectivity index (χ4v) is 1.91. The van der Waals surface area contributed by atoms with E-state index < -0.39 is 42.0 Å². The number of aromatic nitrogens is 2. The number of aromatic amines is 1. The average Bonchev–Trinajstić information content (AvgIpc) is 2.52. The quantitative estimate of drug-likeness (QED) is 0.766. The topological polar surface area (TPSA) is 84.3 Å². The Morgan fingerprint density at radius 2 is 2.22 bits per heavy atom. The van der Waals surface area contributed by atoms with Crippen LogP contribution in [0.25, 0.3) is 0 Å². The largest absolute Gasteiger partial charge is 0.394 e. The van der Waals surface area contributed by atoms with E-state index in [1.807, 2.05) is 4.98 Å². The molecule has 1 aliphatic rings. The molecule has 0 bridgehead atoms. The molecule has 0 aromatic carbocycles. The summed E-state index contributed by atoms with van der Waals surface area (Å²) in [5.41, 5.74) is -1.65. The second-order valence-electron chi connectivity index (χ2n) is 4.19. The Balaban J connectivity index is 2.45. The Labute approximate surface area is 99.8 Å². The Bertz CT molecular complexity index is 553. The van der Waals surface area contributed by atoms with E-state index in [0.717, 1.165) is 12.3 Å². The van der Waals surface area contributed by atoms with Crippen molar-refractivity contribution >= 4 is 0 Å². The van der Waals surface area contributed by atoms with Gasteiger partial charge in [-0.1, -0.05) is 6.92 Å². The Morgan fingerprint density at radius 3 is 2.72 bits per heavy atom. The standard InChI is InChI=1S/C10H12F2N2O4/c1-5-6(4-15)18-8(10(5,11)12)14-3-2-7(16)13-9(14)17/h2-3,5-6,8,15H,4H2,1H3,(H,13,16,17)/t5-,6-,8-/m1/s1. The zero-order valence-corrected chi connectivity index (χ0v) is 9.47. The van der Waals surface area contributed by atoms with Gasteiger partial charge in [0.25, 0.3) is 11.5 Å². The molecule has 0 spiro atoms. The fraction of sp³-hybridized carbons (Fsp3) is 0.600. The number of nitrogens with one attached hydrogen (secondary N) is 1. The molecule has 1 saturated heterocycles. The molecule has 8 heteroatoms. The van der Waals surface area contributed by atoms with E-state index in [1.165, 1.54) is 6.92 Å². The van der Waals surface area contributed by atoms with Gasteiger partial charge < -0.3 is 9.84 Å². The average molecular weight is 262 g/mol. The fourth-order valence-electron chi connectivity index (χ4n) is 1.91. The summed E-state index contributed by atoms with van der Waals surface area (Å²) in [6.45, 7) is 0.670. The van der Waals surface area contributed by atoms with Crippen LogP contribution in [0.5, 0.6) is 0 Å². The number of hydrogen-bond donors (Lipinski definition) is 2. The van der Waals surface area contributed by atoms with Crippen molar-refractivity contribution in [3.05, 3.63) is 33.1 Å². The molecule has 0 amide bonds. The minimum absolute atomic E-state index is 0.564. The van der Waals surface area contributed by atoms with E-state index in [0.29, 0.717) is 4.57 Å². The van der Waals surface area contributed by atoms with Crippen LogP contribution in [0.1, 0.15) is 13.2 Å². The van der Waals surface area contributed by atoms with Crippen LogP contribution in [-0.4, -0.2) is 33.3 Å². The number of halogens is 2. The van der Waals surface area contributed by atoms with Crippen molar-refractivity contribution in [2.75, 3.05) is 6.61 Å². The maximum absolute atomic E-state index is 13.9. The third-order valence-electron chi connectivity index (χ3n) is 3.08. The molecule has 2 heterocycles. The highest BCUT2D eigenvalue weighted by atomic mass is 19.3. The first-order valence-corrected chi connectivity index (χ1v) is 5.33. The lowest BCUT2D eigenvalue weighted by Crippen LogP contribution is -2.39. The number of nitrogens with zero attached hydrogens (tertiary/aromatic N) is 1. The zero-order valence-electron chi connectivity index (χ0n) is 9.47. The normalized spacial score (nSPS) is 30.6. The maximum Gasteiger partial charge on any atom is 0.330 e. The van der Waals surface area contributed by atoms with Crippen LogP contribution >= 0.6 is 0 Å². The SMILES string of the molecule is C[C@@H]1[C@@H](CO)O[C@@H](n2ccc(=O)[nH]c2=O)C1(F)F. The Kier molecular flexibility index (Phi) is 3.07. The summed E-state index contributed by atoms with van der Waals surface area (Å²) in [7, 11) is 0. The van der Waals surface area contributed by atoms with Crippen molar-refractivity contribution in [2.45, 2.75) is 25.2 Å². The first kappa shape index (κ1) is 12.9. The third kappa shape index (κ3) is 1.87. The van der Waals surface area contributed by atoms with Crippen LogP contribution in [0, 0.1) is 5.92 Å². The van der Waals surface area contributed by atoms with Crippen molar-refractivity contribution in [3.63, 3.8) is 0 Å². The molecule has 1 aromatic heterocycles. The molecule has 6 nitrogen and oxygen atoms in total. The van der Waals surface area contributed by atoms with Crippen LogP contribution in [0.2, 0.25) is 0 Å². The maximum atomic E-state index is 13.9. The van der Waals surface area contributed by atoms with Crippen LogP contribution in [0.4, 0.5) is 8.78 Å². The van der Waals surface area contributed by atoms with Crippen molar-refractivity contribution in [1.82, 2.24) is 9.55 Å². The predicted molar refractivity (Wildman–Crippen MR) is 56.4 cm³/mol. The van der Waals surface area contributed by atoms with Gasteiger partial charge in [-0.25, -0.2) is 13.6 Å². The highest BCUT2D eigenvalue weighted by Gasteiger charge is 2.57. The summed E-state index contributed by atoms with van der Waals surface area (Å²) >= 11 is 0. The van der Waals surface area contributed by atoms with Gasteiger partial charge in [-0.2, -0.15) is 0 Å². The van der Waals surface area contributed by atoms with Gasteiger partial charge in [-0.05, 0) is 0 Å². The Hall–Kier alpha value is -1.54. The molecule has 1 fully saturated rings. The van der Waals surface area contributed by atoms with Gasteiger partial charge in [0.15, 0.2) is 0 Å². The molecule has 3 atom stereocenters. The molecule has 0 aliphatic carbocycles. The highest BCUT2D eigenvalue weighted by Crippen LogP contribution is 2.45. The van der Waals surface area contributed by atoms with E-state index >= 15 is 0 Å². The molecule has 2 N–H and O–H groups in total. The van der Waals surface area contributed by atoms with E-state index in [4.69, 9.17) is 9.84 Å². The number of ether oxygens (including phenoxy) is 1. The molecule has 0 unspecified atom stereocenters. The molecule has 0 radical (unpaired) electrons. The van der Waals surface area contributed by atoms with E-state index in [9.17, 15) is 18.4 Å². The number of H-pyrrole nitrogens is 1. The molecule has 0 saturated carbocycles. The molecular weight excluding hydrogens is 250 g/mol. The second-order valence-corrected chi connectivity index (χ2v) is 4.19. The molecule has 2 rings (SSSR count). The number of rotatable bonds is 2. The lowest BCUT2D eigenvalue weighted by Gasteiger charge is -2.21. The van der Waals surface area contributed by atoms with Gasteiger partial charge in [0.1, 0.15) is 0 Å². The minimum Gasteiger partial charge on any atom is -0.394 e. The van der Waals surface area contributed by atoms with Crippen LogP contribution in [0.3, 0.4) is 0 Å². The minimum atomic E-state index is -3.31. The van der Waals surface area contributed by atoms with Gasteiger partial charge in [0, 0.05) is 12.3 Å². The summed E-state index contributed by atoms with van der Waals surface area (Å²) in [6, 6.07) is 0.956. The van der Waals surface area contributed by atoms with Gasteiger partial charge in [0.05, 0.1) is 18.6 Å². The molecule has 1 aromatic rings. The van der Waals surface area contributed by atoms with E-state index in [-0.39, 0.29) is 0 Å². The summed E-state index contributed by atoms with van der Waals surface area (Å²) in [4.78, 5) is 24.2. The summed E-state index contributed by atoms with van der Waals surface area (Å²) in [5, 5.41) is 8.94. The van der Waals surface area contributed by atoms with Crippen LogP contribution in [-0.2, 0) is 4.74 Å². The van der Waals surface area contributed by atoms with Gasteiger partial charge in [0.2, 0.25) is 6.23 Å². The van der Waals surface area contributed by atoms with Crippen LogP contribution < -0.4 is 11.2 Å². The number of hydrogen-bond acceptors (Lipinski definition) is 4. The lowest BCUT2D eigenvalue weighted by molar-refractivity contribution is -0.127. The molecule has 1 aliphatic heterocycles. The second kappa shape index (κ2) is 4.29. The van der Waals surface area contributed by atoms with E-state index in [2.05, 4.69) is 0 Å².